The lowest BCUT2D eigenvalue weighted by atomic mass is 9.90. The van der Waals surface area contributed by atoms with Gasteiger partial charge in [-0.2, -0.15) is 0 Å². The van der Waals surface area contributed by atoms with E-state index >= 15 is 0 Å². The summed E-state index contributed by atoms with van der Waals surface area (Å²) >= 11 is 0. The molecule has 4 nitrogen and oxygen atoms in total. The predicted molar refractivity (Wildman–Crippen MR) is 91.9 cm³/mol. The minimum Gasteiger partial charge on any atom is -0.497 e. The van der Waals surface area contributed by atoms with Gasteiger partial charge in [0.15, 0.2) is 0 Å². The van der Waals surface area contributed by atoms with Crippen LogP contribution in [0.1, 0.15) is 52.0 Å². The number of benzene rings is 1. The molecule has 1 heterocycles. The highest BCUT2D eigenvalue weighted by atomic mass is 16.6. The van der Waals surface area contributed by atoms with Crippen molar-refractivity contribution in [1.82, 2.24) is 4.90 Å². The number of carbonyl (C=O) groups is 1. The van der Waals surface area contributed by atoms with Crippen molar-refractivity contribution >= 4 is 6.09 Å². The van der Waals surface area contributed by atoms with Crippen LogP contribution >= 0.6 is 0 Å². The molecule has 1 fully saturated rings. The molecule has 1 aromatic rings. The molecule has 0 aromatic heterocycles. The molecule has 1 aromatic carbocycles. The zero-order valence-electron chi connectivity index (χ0n) is 15.0. The summed E-state index contributed by atoms with van der Waals surface area (Å²) in [5.74, 6) is 1.88. The summed E-state index contributed by atoms with van der Waals surface area (Å²) in [6.07, 6.45) is 1.94. The van der Waals surface area contributed by atoms with Crippen molar-refractivity contribution in [2.24, 2.45) is 5.92 Å². The van der Waals surface area contributed by atoms with Crippen molar-refractivity contribution in [2.75, 3.05) is 20.2 Å². The molecule has 1 unspecified atom stereocenters. The SMILES string of the molecule is COc1cccc([C@@H](C)CC2CCN(C(=O)OC(C)(C)C)C2)c1. The van der Waals surface area contributed by atoms with Crippen molar-refractivity contribution in [2.45, 2.75) is 52.1 Å². The van der Waals surface area contributed by atoms with Crippen molar-refractivity contribution < 1.29 is 14.3 Å². The Morgan fingerprint density at radius 2 is 2.13 bits per heavy atom. The number of hydrogen-bond donors (Lipinski definition) is 0. The zero-order chi connectivity index (χ0) is 17.0. The van der Waals surface area contributed by atoms with Crippen molar-refractivity contribution in [3.05, 3.63) is 29.8 Å². The molecule has 2 atom stereocenters. The van der Waals surface area contributed by atoms with E-state index in [-0.39, 0.29) is 6.09 Å². The molecule has 23 heavy (non-hydrogen) atoms. The first-order chi connectivity index (χ1) is 10.8. The quantitative estimate of drug-likeness (QED) is 0.823. The number of hydrogen-bond acceptors (Lipinski definition) is 3. The number of likely N-dealkylation sites (tertiary alicyclic amines) is 1. The molecule has 0 saturated carbocycles. The summed E-state index contributed by atoms with van der Waals surface area (Å²) in [7, 11) is 1.69. The van der Waals surface area contributed by atoms with Gasteiger partial charge in [-0.1, -0.05) is 19.1 Å². The van der Waals surface area contributed by atoms with Crippen LogP contribution in [0.15, 0.2) is 24.3 Å². The topological polar surface area (TPSA) is 38.8 Å². The third kappa shape index (κ3) is 5.15. The molecule has 2 rings (SSSR count). The van der Waals surface area contributed by atoms with Gasteiger partial charge in [-0.25, -0.2) is 4.79 Å². The number of rotatable bonds is 4. The molecule has 1 saturated heterocycles. The molecule has 0 aliphatic carbocycles. The molecule has 1 aliphatic heterocycles. The maximum Gasteiger partial charge on any atom is 0.410 e. The van der Waals surface area contributed by atoms with Gasteiger partial charge >= 0.3 is 6.09 Å². The van der Waals surface area contributed by atoms with E-state index in [0.717, 1.165) is 31.7 Å². The maximum absolute atomic E-state index is 12.1. The van der Waals surface area contributed by atoms with Gasteiger partial charge in [0, 0.05) is 13.1 Å². The van der Waals surface area contributed by atoms with Crippen LogP contribution in [0, 0.1) is 5.92 Å². The number of methoxy groups -OCH3 is 1. The monoisotopic (exact) mass is 319 g/mol. The largest absolute Gasteiger partial charge is 0.497 e. The Balaban J connectivity index is 1.88. The minimum atomic E-state index is -0.428. The lowest BCUT2D eigenvalue weighted by Gasteiger charge is -2.24. The van der Waals surface area contributed by atoms with Gasteiger partial charge in [-0.15, -0.1) is 0 Å². The van der Waals surface area contributed by atoms with Gasteiger partial charge in [0.25, 0.3) is 0 Å². The van der Waals surface area contributed by atoms with E-state index in [0.29, 0.717) is 11.8 Å². The minimum absolute atomic E-state index is 0.186. The van der Waals surface area contributed by atoms with Gasteiger partial charge in [0.1, 0.15) is 11.4 Å². The molecular weight excluding hydrogens is 290 g/mol. The third-order valence-electron chi connectivity index (χ3n) is 4.29. The number of carbonyl (C=O) groups excluding carboxylic acids is 1. The van der Waals surface area contributed by atoms with Crippen LogP contribution in [0.5, 0.6) is 5.75 Å². The highest BCUT2D eigenvalue weighted by molar-refractivity contribution is 5.68. The summed E-state index contributed by atoms with van der Waals surface area (Å²) in [6.45, 7) is 9.55. The zero-order valence-corrected chi connectivity index (χ0v) is 15.0. The summed E-state index contributed by atoms with van der Waals surface area (Å²) in [6, 6.07) is 8.25. The van der Waals surface area contributed by atoms with E-state index in [1.807, 2.05) is 37.8 Å². The van der Waals surface area contributed by atoms with Gasteiger partial charge in [-0.3, -0.25) is 0 Å². The summed E-state index contributed by atoms with van der Waals surface area (Å²) in [5, 5.41) is 0. The number of ether oxygens (including phenoxy) is 2. The second-order valence-electron chi connectivity index (χ2n) is 7.49. The first-order valence-corrected chi connectivity index (χ1v) is 8.40. The average molecular weight is 319 g/mol. The second kappa shape index (κ2) is 7.24. The summed E-state index contributed by atoms with van der Waals surface area (Å²) in [4.78, 5) is 14.0. The molecule has 1 amide bonds. The maximum atomic E-state index is 12.1. The van der Waals surface area contributed by atoms with Crippen LogP contribution in [-0.2, 0) is 4.74 Å². The Morgan fingerprint density at radius 1 is 1.39 bits per heavy atom. The first kappa shape index (κ1) is 17.6. The van der Waals surface area contributed by atoms with Gasteiger partial charge in [-0.05, 0) is 63.1 Å². The van der Waals surface area contributed by atoms with Crippen LogP contribution in [-0.4, -0.2) is 36.8 Å². The van der Waals surface area contributed by atoms with Gasteiger partial charge in [0.05, 0.1) is 7.11 Å². The fourth-order valence-electron chi connectivity index (χ4n) is 3.10. The lowest BCUT2D eigenvalue weighted by Crippen LogP contribution is -2.35. The molecule has 128 valence electrons. The van der Waals surface area contributed by atoms with Crippen molar-refractivity contribution in [1.29, 1.82) is 0 Å². The Morgan fingerprint density at radius 3 is 2.78 bits per heavy atom. The van der Waals surface area contributed by atoms with E-state index in [1.54, 1.807) is 7.11 Å². The molecule has 0 spiro atoms. The second-order valence-corrected chi connectivity index (χ2v) is 7.49. The van der Waals surface area contributed by atoms with Gasteiger partial charge in [0.2, 0.25) is 0 Å². The lowest BCUT2D eigenvalue weighted by molar-refractivity contribution is 0.0287. The standard InChI is InChI=1S/C19H29NO3/c1-14(16-7-6-8-17(12-16)22-5)11-15-9-10-20(13-15)18(21)23-19(2,3)4/h6-8,12,14-15H,9-11,13H2,1-5H3/t14-,15?/m0/s1. The first-order valence-electron chi connectivity index (χ1n) is 8.40. The number of amides is 1. The Bertz CT molecular complexity index is 536. The summed E-state index contributed by atoms with van der Waals surface area (Å²) in [5.41, 5.74) is 0.864. The van der Waals surface area contributed by atoms with Crippen molar-refractivity contribution in [3.63, 3.8) is 0 Å². The van der Waals surface area contributed by atoms with Crippen LogP contribution in [0.2, 0.25) is 0 Å². The van der Waals surface area contributed by atoms with Gasteiger partial charge < -0.3 is 14.4 Å². The normalized spacial score (nSPS) is 19.5. The molecule has 1 aliphatic rings. The van der Waals surface area contributed by atoms with Crippen LogP contribution in [0.4, 0.5) is 4.79 Å². The molecule has 0 radical (unpaired) electrons. The van der Waals surface area contributed by atoms with E-state index in [2.05, 4.69) is 19.1 Å². The Labute approximate surface area is 139 Å². The smallest absolute Gasteiger partial charge is 0.410 e. The molecular formula is C19H29NO3. The van der Waals surface area contributed by atoms with E-state index in [4.69, 9.17) is 9.47 Å². The highest BCUT2D eigenvalue weighted by Gasteiger charge is 2.30. The molecule has 0 bridgehead atoms. The van der Waals surface area contributed by atoms with Crippen molar-refractivity contribution in [3.8, 4) is 5.75 Å². The number of nitrogens with zero attached hydrogens (tertiary/aromatic N) is 1. The highest BCUT2D eigenvalue weighted by Crippen LogP contribution is 2.31. The molecule has 0 N–H and O–H groups in total. The Hall–Kier alpha value is -1.71. The van der Waals surface area contributed by atoms with Crippen LogP contribution in [0.25, 0.3) is 0 Å². The fourth-order valence-corrected chi connectivity index (χ4v) is 3.10. The van der Waals surface area contributed by atoms with E-state index < -0.39 is 5.60 Å². The van der Waals surface area contributed by atoms with Crippen LogP contribution < -0.4 is 4.74 Å². The molecule has 4 heteroatoms. The third-order valence-corrected chi connectivity index (χ3v) is 4.29. The van der Waals surface area contributed by atoms with E-state index in [1.165, 1.54) is 5.56 Å². The van der Waals surface area contributed by atoms with E-state index in [9.17, 15) is 4.79 Å². The predicted octanol–water partition coefficient (Wildman–Crippen LogP) is 4.45. The summed E-state index contributed by atoms with van der Waals surface area (Å²) < 4.78 is 10.8. The van der Waals surface area contributed by atoms with Crippen LogP contribution in [0.3, 0.4) is 0 Å². The average Bonchev–Trinajstić information content (AvgIpc) is 2.94. The fraction of sp³-hybridized carbons (Fsp3) is 0.632. The Kier molecular flexibility index (Phi) is 5.55.